The van der Waals surface area contributed by atoms with Gasteiger partial charge in [0.25, 0.3) is 0 Å². The van der Waals surface area contributed by atoms with Crippen molar-refractivity contribution in [2.75, 3.05) is 6.61 Å². The largest absolute Gasteiger partial charge is 0.454 e. The molecule has 0 spiro atoms. The van der Waals surface area contributed by atoms with Gasteiger partial charge in [-0.2, -0.15) is 0 Å². The highest BCUT2D eigenvalue weighted by Crippen LogP contribution is 2.22. The van der Waals surface area contributed by atoms with Crippen LogP contribution in [0.3, 0.4) is 0 Å². The molecule has 0 bridgehead atoms. The number of aryl methyl sites for hydroxylation is 2. The first-order chi connectivity index (χ1) is 12.0. The lowest BCUT2D eigenvalue weighted by Gasteiger charge is -2.10. The predicted molar refractivity (Wildman–Crippen MR) is 99.2 cm³/mol. The smallest absolute Gasteiger partial charge is 0.338 e. The van der Waals surface area contributed by atoms with E-state index in [2.05, 4.69) is 4.57 Å². The lowest BCUT2D eigenvalue weighted by atomic mass is 10.2. The Balaban J connectivity index is 1.66. The Bertz CT molecular complexity index is 905. The lowest BCUT2D eigenvalue weighted by molar-refractivity contribution is 0.0476. The van der Waals surface area contributed by atoms with Crippen molar-refractivity contribution in [3.05, 3.63) is 74.7 Å². The number of carbonyl (C=O) groups is 2. The second-order valence-electron chi connectivity index (χ2n) is 5.60. The Morgan fingerprint density at radius 3 is 2.20 bits per heavy atom. The average molecular weight is 374 g/mol. The van der Waals surface area contributed by atoms with E-state index in [9.17, 15) is 9.59 Å². The van der Waals surface area contributed by atoms with Crippen LogP contribution in [-0.2, 0) is 4.74 Å². The summed E-state index contributed by atoms with van der Waals surface area (Å²) in [6.07, 6.45) is 0. The first-order valence-electron chi connectivity index (χ1n) is 7.67. The van der Waals surface area contributed by atoms with Crippen LogP contribution in [0.4, 0.5) is 0 Å². The molecule has 2 heterocycles. The van der Waals surface area contributed by atoms with Gasteiger partial charge in [-0.15, -0.1) is 11.3 Å². The topological polar surface area (TPSA) is 48.3 Å². The van der Waals surface area contributed by atoms with Crippen molar-refractivity contribution in [2.24, 2.45) is 0 Å². The highest BCUT2D eigenvalue weighted by atomic mass is 35.5. The fourth-order valence-corrected chi connectivity index (χ4v) is 3.54. The molecule has 0 N–H and O–H groups in total. The molecule has 0 saturated heterocycles. The van der Waals surface area contributed by atoms with Crippen molar-refractivity contribution < 1.29 is 14.3 Å². The predicted octanol–water partition coefficient (Wildman–Crippen LogP) is 4.85. The highest BCUT2D eigenvalue weighted by molar-refractivity contribution is 7.18. The fourth-order valence-electron chi connectivity index (χ4n) is 2.57. The summed E-state index contributed by atoms with van der Waals surface area (Å²) in [5.41, 5.74) is 3.62. The number of esters is 1. The molecule has 3 aromatic rings. The van der Waals surface area contributed by atoms with Crippen LogP contribution in [0.25, 0.3) is 5.69 Å². The Hall–Kier alpha value is -2.37. The van der Waals surface area contributed by atoms with E-state index in [0.29, 0.717) is 14.8 Å². The summed E-state index contributed by atoms with van der Waals surface area (Å²) in [6.45, 7) is 3.75. The molecule has 0 fully saturated rings. The van der Waals surface area contributed by atoms with Gasteiger partial charge in [-0.05, 0) is 62.4 Å². The van der Waals surface area contributed by atoms with Crippen molar-refractivity contribution in [1.82, 2.24) is 4.57 Å². The van der Waals surface area contributed by atoms with Gasteiger partial charge in [-0.3, -0.25) is 4.79 Å². The molecular weight excluding hydrogens is 358 g/mol. The zero-order valence-electron chi connectivity index (χ0n) is 13.8. The maximum Gasteiger partial charge on any atom is 0.338 e. The third kappa shape index (κ3) is 3.83. The molecule has 0 atom stereocenters. The summed E-state index contributed by atoms with van der Waals surface area (Å²) in [5, 5.41) is 0. The van der Waals surface area contributed by atoms with E-state index < -0.39 is 5.97 Å². The number of benzene rings is 1. The van der Waals surface area contributed by atoms with Crippen LogP contribution in [0.15, 0.2) is 48.5 Å². The summed E-state index contributed by atoms with van der Waals surface area (Å²) < 4.78 is 7.72. The third-order valence-corrected chi connectivity index (χ3v) is 5.09. The molecule has 0 aliphatic heterocycles. The monoisotopic (exact) mass is 373 g/mol. The first kappa shape index (κ1) is 17.5. The van der Waals surface area contributed by atoms with Gasteiger partial charge in [0, 0.05) is 17.1 Å². The van der Waals surface area contributed by atoms with Crippen LogP contribution in [-0.4, -0.2) is 22.9 Å². The Morgan fingerprint density at radius 1 is 1.00 bits per heavy atom. The number of ketones is 1. The van der Waals surface area contributed by atoms with Crippen LogP contribution in [0.2, 0.25) is 4.34 Å². The molecule has 4 nitrogen and oxygen atoms in total. The Labute approximate surface area is 154 Å². The Morgan fingerprint density at radius 2 is 1.64 bits per heavy atom. The highest BCUT2D eigenvalue weighted by Gasteiger charge is 2.14. The molecule has 0 aliphatic carbocycles. The van der Waals surface area contributed by atoms with E-state index >= 15 is 0 Å². The van der Waals surface area contributed by atoms with Gasteiger partial charge in [0.2, 0.25) is 5.78 Å². The van der Waals surface area contributed by atoms with Crippen LogP contribution in [0.1, 0.15) is 31.4 Å². The number of ether oxygens (including phenoxy) is 1. The van der Waals surface area contributed by atoms with E-state index in [0.717, 1.165) is 17.1 Å². The zero-order chi connectivity index (χ0) is 18.0. The van der Waals surface area contributed by atoms with E-state index in [-0.39, 0.29) is 12.4 Å². The molecule has 6 heteroatoms. The normalized spacial score (nSPS) is 10.7. The summed E-state index contributed by atoms with van der Waals surface area (Å²) >= 11 is 6.97. The van der Waals surface area contributed by atoms with Crippen molar-refractivity contribution in [3.8, 4) is 5.69 Å². The minimum atomic E-state index is -0.525. The Kier molecular flexibility index (Phi) is 5.06. The number of thiophene rings is 1. The van der Waals surface area contributed by atoms with Crippen LogP contribution < -0.4 is 0 Å². The summed E-state index contributed by atoms with van der Waals surface area (Å²) in [7, 11) is 0. The summed E-state index contributed by atoms with van der Waals surface area (Å²) in [5.74, 6) is -0.788. The SMILES string of the molecule is Cc1ccc(C)n1-c1ccc(C(=O)OCC(=O)c2ccc(Cl)s2)cc1. The van der Waals surface area contributed by atoms with Crippen LogP contribution in [0.5, 0.6) is 0 Å². The molecule has 2 aromatic heterocycles. The molecule has 0 aliphatic rings. The standard InChI is InChI=1S/C19H16ClNO3S/c1-12-3-4-13(2)21(12)15-7-5-14(6-8-15)19(23)24-11-16(22)17-9-10-18(20)25-17/h3-10H,11H2,1-2H3. The van der Waals surface area contributed by atoms with Crippen molar-refractivity contribution in [1.29, 1.82) is 0 Å². The van der Waals surface area contributed by atoms with Gasteiger partial charge in [-0.25, -0.2) is 4.79 Å². The van der Waals surface area contributed by atoms with Crippen molar-refractivity contribution in [3.63, 3.8) is 0 Å². The molecule has 0 radical (unpaired) electrons. The average Bonchev–Trinajstić information content (AvgIpc) is 3.18. The van der Waals surface area contributed by atoms with Gasteiger partial charge in [0.05, 0.1) is 14.8 Å². The molecule has 0 unspecified atom stereocenters. The van der Waals surface area contributed by atoms with E-state index in [1.54, 1.807) is 24.3 Å². The van der Waals surface area contributed by atoms with Gasteiger partial charge in [-0.1, -0.05) is 11.6 Å². The zero-order valence-corrected chi connectivity index (χ0v) is 15.4. The number of halogens is 1. The van der Waals surface area contributed by atoms with Gasteiger partial charge in [0.1, 0.15) is 0 Å². The summed E-state index contributed by atoms with van der Waals surface area (Å²) in [4.78, 5) is 24.5. The number of nitrogens with zero attached hydrogens (tertiary/aromatic N) is 1. The fraction of sp³-hybridized carbons (Fsp3) is 0.158. The number of hydrogen-bond donors (Lipinski definition) is 0. The molecule has 0 amide bonds. The van der Waals surface area contributed by atoms with Crippen molar-refractivity contribution >= 4 is 34.7 Å². The minimum absolute atomic E-state index is 0.263. The van der Waals surface area contributed by atoms with E-state index in [1.807, 2.05) is 38.1 Å². The van der Waals surface area contributed by atoms with E-state index in [1.165, 1.54) is 11.3 Å². The number of rotatable bonds is 5. The molecule has 128 valence electrons. The van der Waals surface area contributed by atoms with Crippen molar-refractivity contribution in [2.45, 2.75) is 13.8 Å². The number of hydrogen-bond acceptors (Lipinski definition) is 4. The van der Waals surface area contributed by atoms with Crippen LogP contribution >= 0.6 is 22.9 Å². The minimum Gasteiger partial charge on any atom is -0.454 e. The molecular formula is C19H16ClNO3S. The molecule has 0 saturated carbocycles. The maximum atomic E-state index is 12.1. The number of Topliss-reactive ketones (excluding diaryl/α,β-unsaturated/α-hetero) is 1. The summed E-state index contributed by atoms with van der Waals surface area (Å²) in [6, 6.07) is 14.5. The molecule has 3 rings (SSSR count). The quantitative estimate of drug-likeness (QED) is 0.474. The maximum absolute atomic E-state index is 12.1. The number of aromatic nitrogens is 1. The molecule has 1 aromatic carbocycles. The van der Waals surface area contributed by atoms with Gasteiger partial charge < -0.3 is 9.30 Å². The number of carbonyl (C=O) groups excluding carboxylic acids is 2. The lowest BCUT2D eigenvalue weighted by Crippen LogP contribution is -2.13. The molecule has 25 heavy (non-hydrogen) atoms. The van der Waals surface area contributed by atoms with Gasteiger partial charge in [0.15, 0.2) is 6.61 Å². The van der Waals surface area contributed by atoms with E-state index in [4.69, 9.17) is 16.3 Å². The second-order valence-corrected chi connectivity index (χ2v) is 7.32. The van der Waals surface area contributed by atoms with Crippen LogP contribution in [0, 0.1) is 13.8 Å². The van der Waals surface area contributed by atoms with Gasteiger partial charge >= 0.3 is 5.97 Å². The third-order valence-electron chi connectivity index (χ3n) is 3.81. The first-order valence-corrected chi connectivity index (χ1v) is 8.86. The second kappa shape index (κ2) is 7.25.